The highest BCUT2D eigenvalue weighted by Crippen LogP contribution is 2.23. The average Bonchev–Trinajstić information content (AvgIpc) is 2.53. The third-order valence-electron chi connectivity index (χ3n) is 3.64. The molecule has 0 bridgehead atoms. The van der Waals surface area contributed by atoms with E-state index in [-0.39, 0.29) is 5.91 Å². The van der Waals surface area contributed by atoms with E-state index in [1.807, 2.05) is 57.2 Å². The lowest BCUT2D eigenvalue weighted by molar-refractivity contribution is -0.115. The largest absolute Gasteiger partial charge is 0.325 e. The highest BCUT2D eigenvalue weighted by Gasteiger charge is 2.09. The molecule has 3 rings (SSSR count). The molecule has 0 saturated carbocycles. The fraction of sp³-hybridized carbons (Fsp3) is 0.263. The van der Waals surface area contributed by atoms with Crippen LogP contribution >= 0.6 is 11.8 Å². The summed E-state index contributed by atoms with van der Waals surface area (Å²) in [7, 11) is 0. The Labute approximate surface area is 151 Å². The van der Waals surface area contributed by atoms with E-state index in [0.29, 0.717) is 12.2 Å². The van der Waals surface area contributed by atoms with Crippen LogP contribution in [0.4, 0.5) is 5.69 Å². The number of nitrogens with one attached hydrogen (secondary N) is 1. The van der Waals surface area contributed by atoms with Crippen molar-refractivity contribution in [3.05, 3.63) is 53.5 Å². The van der Waals surface area contributed by atoms with E-state index in [1.54, 1.807) is 0 Å². The molecule has 1 aromatic carbocycles. The Morgan fingerprint density at radius 2 is 1.68 bits per heavy atom. The van der Waals surface area contributed by atoms with Crippen LogP contribution in [0.15, 0.2) is 41.6 Å². The van der Waals surface area contributed by atoms with Gasteiger partial charge in [0.2, 0.25) is 5.91 Å². The van der Waals surface area contributed by atoms with Crippen molar-refractivity contribution in [3.63, 3.8) is 0 Å². The van der Waals surface area contributed by atoms with Gasteiger partial charge in [0.1, 0.15) is 0 Å². The third kappa shape index (κ3) is 4.54. The number of aryl methyl sites for hydroxylation is 3. The van der Waals surface area contributed by atoms with E-state index in [4.69, 9.17) is 0 Å². The number of anilines is 1. The molecule has 2 aromatic heterocycles. The Balaban J connectivity index is 1.63. The fourth-order valence-corrected chi connectivity index (χ4v) is 3.50. The van der Waals surface area contributed by atoms with Gasteiger partial charge in [0.25, 0.3) is 0 Å². The molecule has 0 unspecified atom stereocenters. The van der Waals surface area contributed by atoms with Gasteiger partial charge in [0, 0.05) is 34.6 Å². The normalized spacial score (nSPS) is 10.8. The van der Waals surface area contributed by atoms with Crippen LogP contribution in [0.3, 0.4) is 0 Å². The van der Waals surface area contributed by atoms with Crippen LogP contribution in [-0.4, -0.2) is 26.6 Å². The Morgan fingerprint density at radius 3 is 2.44 bits per heavy atom. The molecule has 6 heteroatoms. The highest BCUT2D eigenvalue weighted by molar-refractivity contribution is 7.99. The molecular weight excluding hydrogens is 332 g/mol. The van der Waals surface area contributed by atoms with E-state index in [2.05, 4.69) is 20.3 Å². The van der Waals surface area contributed by atoms with Gasteiger partial charge >= 0.3 is 0 Å². The molecule has 0 aliphatic carbocycles. The second-order valence-corrected chi connectivity index (χ2v) is 6.97. The predicted octanol–water partition coefficient (Wildman–Crippen LogP) is 4.07. The maximum atomic E-state index is 12.3. The molecule has 0 aliphatic rings. The number of thioether (sulfide) groups is 1. The number of nitrogens with zero attached hydrogens (tertiary/aromatic N) is 3. The van der Waals surface area contributed by atoms with E-state index in [0.717, 1.165) is 38.8 Å². The number of benzene rings is 1. The van der Waals surface area contributed by atoms with Crippen LogP contribution in [-0.2, 0) is 4.79 Å². The number of carbonyl (C=O) groups is 1. The monoisotopic (exact) mass is 352 g/mol. The van der Waals surface area contributed by atoms with Gasteiger partial charge < -0.3 is 5.32 Å². The second-order valence-electron chi connectivity index (χ2n) is 5.91. The molecule has 128 valence electrons. The molecule has 0 aliphatic heterocycles. The van der Waals surface area contributed by atoms with Gasteiger partial charge in [-0.15, -0.1) is 0 Å². The van der Waals surface area contributed by atoms with Crippen LogP contribution in [0.25, 0.3) is 10.9 Å². The summed E-state index contributed by atoms with van der Waals surface area (Å²) in [6.45, 7) is 5.82. The van der Waals surface area contributed by atoms with Crippen molar-refractivity contribution in [1.29, 1.82) is 0 Å². The topological polar surface area (TPSA) is 67.8 Å². The standard InChI is InChI=1S/C19H20N4OS/c1-12-10-13(2)22-19(21-12)25-9-8-18(24)23-17-11-14(3)20-16-7-5-4-6-15(16)17/h4-7,10-11H,8-9H2,1-3H3,(H,20,23,24). The smallest absolute Gasteiger partial charge is 0.225 e. The lowest BCUT2D eigenvalue weighted by Gasteiger charge is -2.09. The fourth-order valence-electron chi connectivity index (χ4n) is 2.62. The third-order valence-corrected chi connectivity index (χ3v) is 4.49. The van der Waals surface area contributed by atoms with Crippen LogP contribution in [0.2, 0.25) is 0 Å². The number of para-hydroxylation sites is 1. The molecule has 0 fully saturated rings. The lowest BCUT2D eigenvalue weighted by Crippen LogP contribution is -2.13. The highest BCUT2D eigenvalue weighted by atomic mass is 32.2. The van der Waals surface area contributed by atoms with Gasteiger partial charge in [-0.2, -0.15) is 0 Å². The molecule has 1 N–H and O–H groups in total. The number of rotatable bonds is 5. The lowest BCUT2D eigenvalue weighted by atomic mass is 10.1. The molecule has 25 heavy (non-hydrogen) atoms. The van der Waals surface area contributed by atoms with E-state index < -0.39 is 0 Å². The van der Waals surface area contributed by atoms with Gasteiger partial charge in [-0.3, -0.25) is 9.78 Å². The van der Waals surface area contributed by atoms with Gasteiger partial charge in [0.05, 0.1) is 11.2 Å². The van der Waals surface area contributed by atoms with E-state index in [9.17, 15) is 4.79 Å². The summed E-state index contributed by atoms with van der Waals surface area (Å²) in [5, 5.41) is 4.67. The van der Waals surface area contributed by atoms with Crippen LogP contribution in [0, 0.1) is 20.8 Å². The summed E-state index contributed by atoms with van der Waals surface area (Å²) in [4.78, 5) is 25.6. The maximum Gasteiger partial charge on any atom is 0.225 e. The minimum atomic E-state index is -0.0207. The van der Waals surface area contributed by atoms with Crippen molar-refractivity contribution in [2.45, 2.75) is 32.3 Å². The molecule has 0 spiro atoms. The number of hydrogen-bond acceptors (Lipinski definition) is 5. The number of aromatic nitrogens is 3. The number of carbonyl (C=O) groups excluding carboxylic acids is 1. The summed E-state index contributed by atoms with van der Waals surface area (Å²) in [5.74, 6) is 0.615. The Bertz CT molecular complexity index is 906. The number of fused-ring (bicyclic) bond motifs is 1. The van der Waals surface area contributed by atoms with Crippen LogP contribution in [0.5, 0.6) is 0 Å². The molecule has 1 amide bonds. The van der Waals surface area contributed by atoms with Crippen molar-refractivity contribution in [3.8, 4) is 0 Å². The molecule has 0 atom stereocenters. The summed E-state index contributed by atoms with van der Waals surface area (Å²) < 4.78 is 0. The van der Waals surface area contributed by atoms with Crippen LogP contribution in [0.1, 0.15) is 23.5 Å². The Hall–Kier alpha value is -2.47. The van der Waals surface area contributed by atoms with Gasteiger partial charge in [-0.05, 0) is 39.0 Å². The van der Waals surface area contributed by atoms with Crippen LogP contribution < -0.4 is 5.32 Å². The molecule has 5 nitrogen and oxygen atoms in total. The van der Waals surface area contributed by atoms with E-state index in [1.165, 1.54) is 11.8 Å². The zero-order valence-corrected chi connectivity index (χ0v) is 15.4. The Kier molecular flexibility index (Phi) is 5.28. The molecule has 0 saturated heterocycles. The SMILES string of the molecule is Cc1cc(C)nc(SCCC(=O)Nc2cc(C)nc3ccccc23)n1. The van der Waals surface area contributed by atoms with Crippen molar-refractivity contribution in [2.75, 3.05) is 11.1 Å². The zero-order chi connectivity index (χ0) is 17.8. The minimum absolute atomic E-state index is 0.0207. The molecule has 3 aromatic rings. The minimum Gasteiger partial charge on any atom is -0.325 e. The second kappa shape index (κ2) is 7.61. The first-order valence-electron chi connectivity index (χ1n) is 8.12. The number of amides is 1. The molecule has 2 heterocycles. The first-order valence-corrected chi connectivity index (χ1v) is 9.11. The van der Waals surface area contributed by atoms with Crippen molar-refractivity contribution < 1.29 is 4.79 Å². The summed E-state index contributed by atoms with van der Waals surface area (Å²) in [5.41, 5.74) is 4.46. The average molecular weight is 352 g/mol. The van der Waals surface area contributed by atoms with Crippen molar-refractivity contribution in [1.82, 2.24) is 15.0 Å². The van der Waals surface area contributed by atoms with Crippen molar-refractivity contribution >= 4 is 34.3 Å². The first-order chi connectivity index (χ1) is 12.0. The quantitative estimate of drug-likeness (QED) is 0.554. The molecular formula is C19H20N4OS. The summed E-state index contributed by atoms with van der Waals surface area (Å²) in [6.07, 6.45) is 0.400. The number of hydrogen-bond donors (Lipinski definition) is 1. The summed E-state index contributed by atoms with van der Waals surface area (Å²) in [6, 6.07) is 11.7. The first kappa shape index (κ1) is 17.4. The maximum absolute atomic E-state index is 12.3. The van der Waals surface area contributed by atoms with E-state index >= 15 is 0 Å². The summed E-state index contributed by atoms with van der Waals surface area (Å²) >= 11 is 1.50. The zero-order valence-electron chi connectivity index (χ0n) is 14.5. The van der Waals surface area contributed by atoms with Gasteiger partial charge in [-0.25, -0.2) is 9.97 Å². The Morgan fingerprint density at radius 1 is 1.00 bits per heavy atom. The number of pyridine rings is 1. The molecule has 0 radical (unpaired) electrons. The van der Waals surface area contributed by atoms with Gasteiger partial charge in [-0.1, -0.05) is 30.0 Å². The van der Waals surface area contributed by atoms with Crippen molar-refractivity contribution in [2.24, 2.45) is 0 Å². The van der Waals surface area contributed by atoms with Gasteiger partial charge in [0.15, 0.2) is 5.16 Å². The predicted molar refractivity (Wildman–Crippen MR) is 102 cm³/mol.